The molecule has 0 saturated carbocycles. The molecule has 0 aromatic carbocycles. The van der Waals surface area contributed by atoms with E-state index >= 15 is 0 Å². The van der Waals surface area contributed by atoms with Crippen molar-refractivity contribution in [2.75, 3.05) is 19.8 Å². The van der Waals surface area contributed by atoms with Crippen molar-refractivity contribution in [2.45, 2.75) is 25.0 Å². The summed E-state index contributed by atoms with van der Waals surface area (Å²) in [4.78, 5) is 21.4. The van der Waals surface area contributed by atoms with Gasteiger partial charge in [0.15, 0.2) is 0 Å². The molecule has 0 spiro atoms. The summed E-state index contributed by atoms with van der Waals surface area (Å²) in [6, 6.07) is -1.07. The highest BCUT2D eigenvalue weighted by molar-refractivity contribution is 7.45. The molecule has 0 saturated heterocycles. The van der Waals surface area contributed by atoms with E-state index in [1.54, 1.807) is 0 Å². The molecule has 0 aliphatic heterocycles. The fraction of sp³-hybridized carbons (Fsp3) is 0.875. The van der Waals surface area contributed by atoms with Gasteiger partial charge in [-0.1, -0.05) is 0 Å². The van der Waals surface area contributed by atoms with Crippen LogP contribution >= 0.6 is 7.82 Å². The van der Waals surface area contributed by atoms with Crippen LogP contribution in [0.1, 0.15) is 12.8 Å². The zero-order chi connectivity index (χ0) is 14.2. The Labute approximate surface area is 104 Å². The summed E-state index contributed by atoms with van der Waals surface area (Å²) in [6.07, 6.45) is -1.26. The number of phosphoric ester groups is 1. The lowest BCUT2D eigenvalue weighted by Crippen LogP contribution is -2.68. The third kappa shape index (κ3) is 8.54. The molecule has 0 bridgehead atoms. The molecule has 18 heavy (non-hydrogen) atoms. The summed E-state index contributed by atoms with van der Waals surface area (Å²) in [7, 11) is -4.53. The minimum atomic E-state index is -4.53. The zero-order valence-electron chi connectivity index (χ0n) is 9.69. The number of carboxylic acids is 1. The van der Waals surface area contributed by atoms with Gasteiger partial charge in [-0.2, -0.15) is 0 Å². The van der Waals surface area contributed by atoms with Crippen LogP contribution in [-0.4, -0.2) is 48.1 Å². The van der Waals surface area contributed by atoms with E-state index in [1.807, 2.05) is 0 Å². The van der Waals surface area contributed by atoms with Crippen molar-refractivity contribution in [1.29, 1.82) is 0 Å². The van der Waals surface area contributed by atoms with Gasteiger partial charge in [0.2, 0.25) is 0 Å². The highest BCUT2D eigenvalue weighted by Gasteiger charge is 2.13. The van der Waals surface area contributed by atoms with Gasteiger partial charge in [-0.25, -0.2) is 0 Å². The monoisotopic (exact) mass is 286 g/mol. The summed E-state index contributed by atoms with van der Waals surface area (Å²) in [5.74, 6) is -1.40. The molecular formula is C8H17NO8P-. The van der Waals surface area contributed by atoms with Crippen LogP contribution in [0, 0.1) is 0 Å². The standard InChI is InChI=1S/C8H18NO8P/c9-7(8(12)13)2-4-17-18(14,15)16-3-1-6(11)5-10/h6-7,10-11H,1-5,9H2,(H,12,13)(H,14,15)/p-1. The van der Waals surface area contributed by atoms with Crippen LogP contribution in [0.25, 0.3) is 0 Å². The molecule has 0 aliphatic rings. The molecule has 0 radical (unpaired) electrons. The summed E-state index contributed by atoms with van der Waals surface area (Å²) in [5, 5.41) is 27.7. The Balaban J connectivity index is 3.80. The van der Waals surface area contributed by atoms with Gasteiger partial charge >= 0.3 is 0 Å². The molecule has 0 aromatic rings. The van der Waals surface area contributed by atoms with E-state index < -0.39 is 32.5 Å². The van der Waals surface area contributed by atoms with Gasteiger partial charge in [-0.15, -0.1) is 0 Å². The largest absolute Gasteiger partial charge is 0.756 e. The number of hydrogen-bond donors (Lipinski definition) is 3. The third-order valence-corrected chi connectivity index (χ3v) is 2.96. The molecule has 0 rings (SSSR count). The molecule has 0 amide bonds. The second kappa shape index (κ2) is 8.54. The number of quaternary nitrogens is 1. The Morgan fingerprint density at radius 1 is 1.33 bits per heavy atom. The number of carbonyl (C=O) groups excluding carboxylic acids is 1. The Morgan fingerprint density at radius 2 is 1.83 bits per heavy atom. The van der Waals surface area contributed by atoms with Crippen LogP contribution in [0.4, 0.5) is 0 Å². The van der Waals surface area contributed by atoms with E-state index in [0.717, 1.165) is 0 Å². The van der Waals surface area contributed by atoms with E-state index in [-0.39, 0.29) is 26.1 Å². The maximum atomic E-state index is 11.1. The lowest BCUT2D eigenvalue weighted by atomic mass is 10.2. The van der Waals surface area contributed by atoms with Gasteiger partial charge in [-0.05, 0) is 6.42 Å². The molecule has 5 N–H and O–H groups in total. The van der Waals surface area contributed by atoms with Crippen LogP contribution < -0.4 is 15.7 Å². The van der Waals surface area contributed by atoms with Crippen LogP contribution in [0.3, 0.4) is 0 Å². The molecule has 0 heterocycles. The molecule has 3 unspecified atom stereocenters. The first-order valence-corrected chi connectivity index (χ1v) is 6.67. The maximum absolute atomic E-state index is 11.1. The molecule has 108 valence electrons. The van der Waals surface area contributed by atoms with Crippen LogP contribution in [-0.2, 0) is 18.4 Å². The van der Waals surface area contributed by atoms with Crippen LogP contribution in [0.15, 0.2) is 0 Å². The van der Waals surface area contributed by atoms with Gasteiger partial charge in [0.1, 0.15) is 6.04 Å². The molecule has 0 fully saturated rings. The van der Waals surface area contributed by atoms with E-state index in [9.17, 15) is 19.4 Å². The van der Waals surface area contributed by atoms with Gasteiger partial charge in [0.25, 0.3) is 7.82 Å². The highest BCUT2D eigenvalue weighted by Crippen LogP contribution is 2.38. The van der Waals surface area contributed by atoms with Crippen molar-refractivity contribution in [3.8, 4) is 0 Å². The Kier molecular flexibility index (Phi) is 8.29. The fourth-order valence-electron chi connectivity index (χ4n) is 0.854. The molecular weight excluding hydrogens is 269 g/mol. The quantitative estimate of drug-likeness (QED) is 0.341. The van der Waals surface area contributed by atoms with Gasteiger partial charge in [0.05, 0.1) is 31.9 Å². The smallest absolute Gasteiger partial charge is 0.267 e. The summed E-state index contributed by atoms with van der Waals surface area (Å²) < 4.78 is 19.8. The van der Waals surface area contributed by atoms with Crippen LogP contribution in [0.5, 0.6) is 0 Å². The van der Waals surface area contributed by atoms with Crippen molar-refractivity contribution >= 4 is 13.8 Å². The Morgan fingerprint density at radius 3 is 2.28 bits per heavy atom. The van der Waals surface area contributed by atoms with Crippen LogP contribution in [0.2, 0.25) is 0 Å². The maximum Gasteiger partial charge on any atom is 0.267 e. The molecule has 0 aromatic heterocycles. The number of rotatable bonds is 10. The van der Waals surface area contributed by atoms with Crippen molar-refractivity contribution in [2.24, 2.45) is 0 Å². The number of phosphoric acid groups is 1. The predicted molar refractivity (Wildman–Crippen MR) is 53.5 cm³/mol. The Hall–Kier alpha value is -0.540. The van der Waals surface area contributed by atoms with Gasteiger partial charge in [0, 0.05) is 6.42 Å². The second-order valence-electron chi connectivity index (χ2n) is 3.54. The van der Waals surface area contributed by atoms with Gasteiger partial charge in [-0.3, -0.25) is 4.57 Å². The number of aliphatic carboxylic acids is 1. The SMILES string of the molecule is [NH3+]C(CCOP(=O)([O-])OCCC(O)CO)C(=O)[O-]. The number of carboxylic acid groups (broad SMARTS) is 1. The summed E-state index contributed by atoms with van der Waals surface area (Å²) >= 11 is 0. The summed E-state index contributed by atoms with van der Waals surface area (Å²) in [6.45, 7) is -1.22. The van der Waals surface area contributed by atoms with E-state index in [1.165, 1.54) is 0 Å². The molecule has 3 atom stereocenters. The number of aliphatic hydroxyl groups excluding tert-OH is 2. The first-order valence-electron chi connectivity index (χ1n) is 5.21. The predicted octanol–water partition coefficient (Wildman–Crippen LogP) is -4.02. The topological polar surface area (TPSA) is 167 Å². The van der Waals surface area contributed by atoms with Crippen molar-refractivity contribution in [3.05, 3.63) is 0 Å². The highest BCUT2D eigenvalue weighted by atomic mass is 31.2. The Bertz CT molecular complexity index is 299. The van der Waals surface area contributed by atoms with E-state index in [0.29, 0.717) is 0 Å². The molecule has 10 heteroatoms. The average molecular weight is 286 g/mol. The zero-order valence-corrected chi connectivity index (χ0v) is 10.6. The molecule has 9 nitrogen and oxygen atoms in total. The first kappa shape index (κ1) is 17.5. The van der Waals surface area contributed by atoms with Crippen molar-refractivity contribution in [3.63, 3.8) is 0 Å². The van der Waals surface area contributed by atoms with E-state index in [4.69, 9.17) is 10.2 Å². The fourth-order valence-corrected chi connectivity index (χ4v) is 1.59. The minimum Gasteiger partial charge on any atom is -0.756 e. The normalized spacial score (nSPS) is 18.0. The van der Waals surface area contributed by atoms with Gasteiger partial charge < -0.3 is 39.8 Å². The average Bonchev–Trinajstić information content (AvgIpc) is 2.27. The first-order chi connectivity index (χ1) is 8.28. The minimum absolute atomic E-state index is 0.0664. The van der Waals surface area contributed by atoms with Crippen molar-refractivity contribution < 1.29 is 44.4 Å². The lowest BCUT2D eigenvalue weighted by Gasteiger charge is -2.23. The summed E-state index contributed by atoms with van der Waals surface area (Å²) in [5.41, 5.74) is 3.22. The van der Waals surface area contributed by atoms with Crippen molar-refractivity contribution in [1.82, 2.24) is 0 Å². The van der Waals surface area contributed by atoms with E-state index in [2.05, 4.69) is 14.8 Å². The number of hydrogen-bond acceptors (Lipinski definition) is 8. The second-order valence-corrected chi connectivity index (χ2v) is 4.95. The molecule has 0 aliphatic carbocycles. The third-order valence-electron chi connectivity index (χ3n) is 1.96. The number of carbonyl (C=O) groups is 1. The number of aliphatic hydroxyl groups is 2. The lowest BCUT2D eigenvalue weighted by molar-refractivity contribution is -0.439.